The molecule has 0 aromatic heterocycles. The van der Waals surface area contributed by atoms with Crippen molar-refractivity contribution in [1.29, 1.82) is 0 Å². The van der Waals surface area contributed by atoms with E-state index in [1.54, 1.807) is 0 Å². The molecule has 6 heteroatoms. The van der Waals surface area contributed by atoms with Crippen molar-refractivity contribution >= 4 is 37.8 Å². The summed E-state index contributed by atoms with van der Waals surface area (Å²) < 4.78 is 6.89. The molecule has 0 aliphatic carbocycles. The van der Waals surface area contributed by atoms with Crippen molar-refractivity contribution in [1.82, 2.24) is 5.32 Å². The third-order valence-electron chi connectivity index (χ3n) is 2.03. The number of hydrogen-bond acceptors (Lipinski definition) is 3. The van der Waals surface area contributed by atoms with Gasteiger partial charge in [0, 0.05) is 6.54 Å². The Kier molecular flexibility index (Phi) is 6.19. The molecule has 0 aliphatic heterocycles. The maximum atomic E-state index is 11.3. The fourth-order valence-electron chi connectivity index (χ4n) is 1.21. The summed E-state index contributed by atoms with van der Waals surface area (Å²) in [6.45, 7) is 0.525. The number of nitrogens with one attached hydrogen (secondary N) is 1. The van der Waals surface area contributed by atoms with E-state index in [4.69, 9.17) is 16.9 Å². The van der Waals surface area contributed by atoms with E-state index in [9.17, 15) is 4.79 Å². The molecule has 0 saturated heterocycles. The summed E-state index contributed by atoms with van der Waals surface area (Å²) in [7, 11) is 0. The molecule has 0 atom stereocenters. The molecule has 0 bridgehead atoms. The first-order valence-corrected chi connectivity index (χ1v) is 6.68. The zero-order valence-electron chi connectivity index (χ0n) is 9.50. The Hall–Kier alpha value is -1.03. The molecule has 0 radical (unpaired) electrons. The summed E-state index contributed by atoms with van der Waals surface area (Å²) in [5.41, 5.74) is 6.51. The molecule has 0 spiro atoms. The molecule has 0 heterocycles. The van der Waals surface area contributed by atoms with Crippen molar-refractivity contribution in [3.8, 4) is 18.1 Å². The van der Waals surface area contributed by atoms with Crippen LogP contribution in [-0.2, 0) is 11.3 Å². The molecule has 1 rings (SSSR count). The van der Waals surface area contributed by atoms with Crippen LogP contribution in [-0.4, -0.2) is 19.1 Å². The van der Waals surface area contributed by atoms with E-state index in [0.29, 0.717) is 12.3 Å². The maximum absolute atomic E-state index is 11.3. The van der Waals surface area contributed by atoms with E-state index >= 15 is 0 Å². The van der Waals surface area contributed by atoms with E-state index in [1.807, 2.05) is 12.1 Å². The van der Waals surface area contributed by atoms with E-state index in [1.165, 1.54) is 0 Å². The van der Waals surface area contributed by atoms with Gasteiger partial charge < -0.3 is 15.8 Å². The molecule has 1 aromatic carbocycles. The lowest BCUT2D eigenvalue weighted by Gasteiger charge is -2.11. The van der Waals surface area contributed by atoms with Crippen molar-refractivity contribution in [2.75, 3.05) is 13.2 Å². The summed E-state index contributed by atoms with van der Waals surface area (Å²) >= 11 is 6.73. The quantitative estimate of drug-likeness (QED) is 0.771. The Labute approximate surface area is 123 Å². The van der Waals surface area contributed by atoms with Crippen molar-refractivity contribution in [2.24, 2.45) is 5.73 Å². The van der Waals surface area contributed by atoms with E-state index in [2.05, 4.69) is 43.1 Å². The Morgan fingerprint density at radius 3 is 2.56 bits per heavy atom. The smallest absolute Gasteiger partial charge is 0.258 e. The van der Waals surface area contributed by atoms with Gasteiger partial charge in [-0.15, -0.1) is 6.42 Å². The lowest BCUT2D eigenvalue weighted by Crippen LogP contribution is -2.29. The number of carbonyl (C=O) groups is 1. The molecule has 1 aromatic rings. The lowest BCUT2D eigenvalue weighted by molar-refractivity contribution is -0.122. The molecule has 96 valence electrons. The molecular formula is C12H12Br2N2O2. The standard InChI is InChI=1S/C12H12Br2N2O2/c1-2-3-16-11(17)7-18-12-9(13)4-8(6-15)5-10(12)14/h1,4-5H,3,6-7,15H2,(H,16,17). The predicted octanol–water partition coefficient (Wildman–Crippen LogP) is 1.80. The minimum absolute atomic E-state index is 0.0964. The highest BCUT2D eigenvalue weighted by Gasteiger charge is 2.10. The summed E-state index contributed by atoms with van der Waals surface area (Å²) in [6, 6.07) is 3.69. The second-order valence-electron chi connectivity index (χ2n) is 3.36. The van der Waals surface area contributed by atoms with Gasteiger partial charge >= 0.3 is 0 Å². The van der Waals surface area contributed by atoms with E-state index in [-0.39, 0.29) is 19.1 Å². The second-order valence-corrected chi connectivity index (χ2v) is 5.07. The topological polar surface area (TPSA) is 64.3 Å². The van der Waals surface area contributed by atoms with Crippen molar-refractivity contribution in [2.45, 2.75) is 6.54 Å². The zero-order chi connectivity index (χ0) is 13.5. The second kappa shape index (κ2) is 7.41. The average molecular weight is 376 g/mol. The number of carbonyl (C=O) groups excluding carboxylic acids is 1. The first kappa shape index (κ1) is 15.0. The van der Waals surface area contributed by atoms with Gasteiger partial charge in [-0.25, -0.2) is 0 Å². The number of amides is 1. The molecule has 18 heavy (non-hydrogen) atoms. The number of rotatable bonds is 5. The summed E-state index contributed by atoms with van der Waals surface area (Å²) in [4.78, 5) is 11.3. The van der Waals surface area contributed by atoms with Gasteiger partial charge in [0.2, 0.25) is 0 Å². The van der Waals surface area contributed by atoms with Crippen LogP contribution in [0.3, 0.4) is 0 Å². The number of hydrogen-bond donors (Lipinski definition) is 2. The maximum Gasteiger partial charge on any atom is 0.258 e. The predicted molar refractivity (Wildman–Crippen MR) is 77.1 cm³/mol. The van der Waals surface area contributed by atoms with Crippen LogP contribution >= 0.6 is 31.9 Å². The van der Waals surface area contributed by atoms with Crippen LogP contribution in [0.5, 0.6) is 5.75 Å². The van der Waals surface area contributed by atoms with Gasteiger partial charge in [0.25, 0.3) is 5.91 Å². The van der Waals surface area contributed by atoms with Crippen LogP contribution in [0.25, 0.3) is 0 Å². The van der Waals surface area contributed by atoms with Gasteiger partial charge in [-0.3, -0.25) is 4.79 Å². The number of benzene rings is 1. The number of halogens is 2. The molecule has 0 unspecified atom stereocenters. The monoisotopic (exact) mass is 374 g/mol. The fourth-order valence-corrected chi connectivity index (χ4v) is 2.72. The van der Waals surface area contributed by atoms with Gasteiger partial charge in [0.05, 0.1) is 15.5 Å². The Morgan fingerprint density at radius 1 is 1.44 bits per heavy atom. The van der Waals surface area contributed by atoms with Crippen LogP contribution in [0.15, 0.2) is 21.1 Å². The van der Waals surface area contributed by atoms with Crippen molar-refractivity contribution < 1.29 is 9.53 Å². The highest BCUT2D eigenvalue weighted by Crippen LogP contribution is 2.34. The molecule has 4 nitrogen and oxygen atoms in total. The third kappa shape index (κ3) is 4.33. The minimum atomic E-state index is -0.269. The molecule has 0 aliphatic rings. The van der Waals surface area contributed by atoms with Gasteiger partial charge in [0.1, 0.15) is 5.75 Å². The van der Waals surface area contributed by atoms with Gasteiger partial charge in [-0.1, -0.05) is 5.92 Å². The number of ether oxygens (including phenoxy) is 1. The SMILES string of the molecule is C#CCNC(=O)COc1c(Br)cc(CN)cc1Br. The van der Waals surface area contributed by atoms with E-state index in [0.717, 1.165) is 14.5 Å². The summed E-state index contributed by atoms with van der Waals surface area (Å²) in [5.74, 6) is 2.60. The first-order valence-electron chi connectivity index (χ1n) is 5.09. The average Bonchev–Trinajstić information content (AvgIpc) is 2.34. The molecular weight excluding hydrogens is 364 g/mol. The highest BCUT2D eigenvalue weighted by molar-refractivity contribution is 9.11. The van der Waals surface area contributed by atoms with Crippen LogP contribution in [0.2, 0.25) is 0 Å². The zero-order valence-corrected chi connectivity index (χ0v) is 12.7. The Bertz CT molecular complexity index is 460. The van der Waals surface area contributed by atoms with Gasteiger partial charge in [-0.05, 0) is 49.6 Å². The van der Waals surface area contributed by atoms with Crippen LogP contribution in [0, 0.1) is 12.3 Å². The third-order valence-corrected chi connectivity index (χ3v) is 3.21. The largest absolute Gasteiger partial charge is 0.481 e. The molecule has 1 amide bonds. The Morgan fingerprint density at radius 2 is 2.06 bits per heavy atom. The van der Waals surface area contributed by atoms with Crippen LogP contribution in [0.4, 0.5) is 0 Å². The first-order chi connectivity index (χ1) is 8.58. The van der Waals surface area contributed by atoms with Crippen molar-refractivity contribution in [3.63, 3.8) is 0 Å². The number of nitrogens with two attached hydrogens (primary N) is 1. The molecule has 0 saturated carbocycles. The van der Waals surface area contributed by atoms with Crippen LogP contribution < -0.4 is 15.8 Å². The summed E-state index contributed by atoms with van der Waals surface area (Å²) in [6.07, 6.45) is 5.03. The van der Waals surface area contributed by atoms with Gasteiger partial charge in [-0.2, -0.15) is 0 Å². The van der Waals surface area contributed by atoms with Crippen molar-refractivity contribution in [3.05, 3.63) is 26.6 Å². The number of terminal acetylenes is 1. The van der Waals surface area contributed by atoms with Gasteiger partial charge in [0.15, 0.2) is 6.61 Å². The fraction of sp³-hybridized carbons (Fsp3) is 0.250. The Balaban J connectivity index is 2.68. The van der Waals surface area contributed by atoms with E-state index < -0.39 is 0 Å². The normalized spacial score (nSPS) is 9.67. The molecule has 0 fully saturated rings. The summed E-state index contributed by atoms with van der Waals surface area (Å²) in [5, 5.41) is 2.51. The lowest BCUT2D eigenvalue weighted by atomic mass is 10.2. The minimum Gasteiger partial charge on any atom is -0.481 e. The highest BCUT2D eigenvalue weighted by atomic mass is 79.9. The van der Waals surface area contributed by atoms with Crippen LogP contribution in [0.1, 0.15) is 5.56 Å². The molecule has 3 N–H and O–H groups in total.